The first-order valence-electron chi connectivity index (χ1n) is 3.30. The van der Waals surface area contributed by atoms with Gasteiger partial charge in [0.15, 0.2) is 0 Å². The summed E-state index contributed by atoms with van der Waals surface area (Å²) in [6.07, 6.45) is -1.72. The Kier molecular flexibility index (Phi) is 2.83. The molecule has 0 radical (unpaired) electrons. The first-order valence-corrected chi connectivity index (χ1v) is 3.30. The third-order valence-electron chi connectivity index (χ3n) is 1.12. The van der Waals surface area contributed by atoms with Crippen LogP contribution in [0.5, 0.6) is 0 Å². The molecule has 1 aliphatic heterocycles. The topological polar surface area (TPSA) is 103 Å². The maximum atomic E-state index is 10.7. The highest BCUT2D eigenvalue weighted by Gasteiger charge is 2.19. The lowest BCUT2D eigenvalue weighted by Gasteiger charge is -2.09. The van der Waals surface area contributed by atoms with Crippen LogP contribution in [0, 0.1) is 0 Å². The average molecular weight is 175 g/mol. The number of nitrogens with two attached hydrogens (primary N) is 1. The van der Waals surface area contributed by atoms with Crippen molar-refractivity contribution in [3.05, 3.63) is 0 Å². The van der Waals surface area contributed by atoms with Crippen LogP contribution in [0.3, 0.4) is 0 Å². The van der Waals surface area contributed by atoms with Crippen molar-refractivity contribution in [2.24, 2.45) is 5.73 Å². The van der Waals surface area contributed by atoms with Gasteiger partial charge >= 0.3 is 12.1 Å². The quantitative estimate of drug-likeness (QED) is 0.459. The van der Waals surface area contributed by atoms with Gasteiger partial charge in [-0.05, 0) is 0 Å². The highest BCUT2D eigenvalue weighted by atomic mass is 16.7. The van der Waals surface area contributed by atoms with Crippen molar-refractivity contribution >= 4 is 12.1 Å². The molecule has 1 atom stereocenters. The summed E-state index contributed by atoms with van der Waals surface area (Å²) in [5, 5.41) is 4.43. The van der Waals surface area contributed by atoms with Gasteiger partial charge in [-0.2, -0.15) is 0 Å². The molecule has 1 heterocycles. The van der Waals surface area contributed by atoms with Crippen molar-refractivity contribution in [1.82, 2.24) is 10.6 Å². The van der Waals surface area contributed by atoms with Gasteiger partial charge in [-0.3, -0.25) is 5.32 Å². The zero-order valence-corrected chi connectivity index (χ0v) is 6.20. The predicted molar refractivity (Wildman–Crippen MR) is 36.9 cm³/mol. The molecule has 0 spiro atoms. The Morgan fingerprint density at radius 2 is 2.42 bits per heavy atom. The molecule has 0 saturated carbocycles. The fourth-order valence-corrected chi connectivity index (χ4v) is 0.705. The lowest BCUT2D eigenvalue weighted by Crippen LogP contribution is -2.39. The van der Waals surface area contributed by atoms with Crippen molar-refractivity contribution in [3.8, 4) is 0 Å². The zero-order valence-electron chi connectivity index (χ0n) is 6.20. The lowest BCUT2D eigenvalue weighted by molar-refractivity contribution is -0.0786. The van der Waals surface area contributed by atoms with Crippen molar-refractivity contribution in [1.29, 1.82) is 0 Å². The molecule has 0 bridgehead atoms. The molecule has 1 aliphatic rings. The van der Waals surface area contributed by atoms with E-state index in [1.807, 2.05) is 0 Å². The maximum Gasteiger partial charge on any atom is 0.418 e. The SMILES string of the molecule is NC(=O)NC(=O)OC1NCCO1. The minimum Gasteiger partial charge on any atom is -0.405 e. The molecule has 3 amide bonds. The number of hydrogen-bond acceptors (Lipinski definition) is 5. The molecule has 0 aromatic rings. The molecule has 68 valence electrons. The molecule has 1 unspecified atom stereocenters. The van der Waals surface area contributed by atoms with E-state index in [1.165, 1.54) is 0 Å². The van der Waals surface area contributed by atoms with Crippen LogP contribution in [0.25, 0.3) is 0 Å². The van der Waals surface area contributed by atoms with Crippen LogP contribution in [0.15, 0.2) is 0 Å². The van der Waals surface area contributed by atoms with E-state index in [9.17, 15) is 9.59 Å². The fraction of sp³-hybridized carbons (Fsp3) is 0.600. The number of alkyl carbamates (subject to hydrolysis) is 1. The number of primary amides is 1. The van der Waals surface area contributed by atoms with Gasteiger partial charge in [0.05, 0.1) is 6.61 Å². The Bertz CT molecular complexity index is 189. The van der Waals surface area contributed by atoms with E-state index < -0.39 is 18.5 Å². The van der Waals surface area contributed by atoms with E-state index >= 15 is 0 Å². The number of carbonyl (C=O) groups excluding carboxylic acids is 2. The fourth-order valence-electron chi connectivity index (χ4n) is 0.705. The Balaban J connectivity index is 2.20. The Hall–Kier alpha value is -1.34. The van der Waals surface area contributed by atoms with Gasteiger partial charge < -0.3 is 15.2 Å². The number of hydrogen-bond donors (Lipinski definition) is 3. The highest BCUT2D eigenvalue weighted by Crippen LogP contribution is 1.96. The summed E-state index contributed by atoms with van der Waals surface area (Å²) < 4.78 is 9.40. The van der Waals surface area contributed by atoms with Crippen LogP contribution < -0.4 is 16.4 Å². The van der Waals surface area contributed by atoms with Crippen LogP contribution in [0.4, 0.5) is 9.59 Å². The zero-order chi connectivity index (χ0) is 8.97. The summed E-state index contributed by atoms with van der Waals surface area (Å²) in [5.41, 5.74) is 4.66. The predicted octanol–water partition coefficient (Wildman–Crippen LogP) is -1.31. The van der Waals surface area contributed by atoms with E-state index in [-0.39, 0.29) is 0 Å². The molecule has 0 aromatic heterocycles. The average Bonchev–Trinajstić information content (AvgIpc) is 2.37. The molecular weight excluding hydrogens is 166 g/mol. The minimum absolute atomic E-state index is 0.467. The molecule has 12 heavy (non-hydrogen) atoms. The number of amides is 3. The summed E-state index contributed by atoms with van der Waals surface area (Å²) in [6, 6.07) is -0.960. The van der Waals surface area contributed by atoms with Crippen molar-refractivity contribution in [3.63, 3.8) is 0 Å². The Labute approximate surface area is 68.2 Å². The van der Waals surface area contributed by atoms with Crippen molar-refractivity contribution in [2.45, 2.75) is 6.41 Å². The Morgan fingerprint density at radius 3 is 2.92 bits per heavy atom. The van der Waals surface area contributed by atoms with Crippen LogP contribution in [0.1, 0.15) is 0 Å². The van der Waals surface area contributed by atoms with Crippen LogP contribution in [0.2, 0.25) is 0 Å². The van der Waals surface area contributed by atoms with Gasteiger partial charge in [0.25, 0.3) is 6.41 Å². The number of ether oxygens (including phenoxy) is 2. The van der Waals surface area contributed by atoms with E-state index in [1.54, 1.807) is 5.32 Å². The number of imide groups is 1. The van der Waals surface area contributed by atoms with Gasteiger partial charge in [0, 0.05) is 6.54 Å². The molecule has 1 saturated heterocycles. The van der Waals surface area contributed by atoms with Crippen LogP contribution in [-0.4, -0.2) is 31.7 Å². The second-order valence-corrected chi connectivity index (χ2v) is 2.05. The molecule has 7 heteroatoms. The summed E-state index contributed by atoms with van der Waals surface area (Å²) >= 11 is 0. The third kappa shape index (κ3) is 2.72. The van der Waals surface area contributed by atoms with Crippen LogP contribution in [-0.2, 0) is 9.47 Å². The van der Waals surface area contributed by atoms with E-state index in [0.717, 1.165) is 0 Å². The van der Waals surface area contributed by atoms with Gasteiger partial charge in [0.2, 0.25) is 0 Å². The molecule has 0 aliphatic carbocycles. The third-order valence-corrected chi connectivity index (χ3v) is 1.12. The van der Waals surface area contributed by atoms with Gasteiger partial charge in [-0.25, -0.2) is 14.9 Å². The number of urea groups is 1. The summed E-state index contributed by atoms with van der Waals surface area (Å²) in [7, 11) is 0. The molecule has 4 N–H and O–H groups in total. The molecule has 0 aromatic carbocycles. The largest absolute Gasteiger partial charge is 0.418 e. The Morgan fingerprint density at radius 1 is 1.67 bits per heavy atom. The smallest absolute Gasteiger partial charge is 0.405 e. The monoisotopic (exact) mass is 175 g/mol. The number of carbonyl (C=O) groups is 2. The summed E-state index contributed by atoms with van der Waals surface area (Å²) in [4.78, 5) is 20.8. The van der Waals surface area contributed by atoms with Gasteiger partial charge in [-0.15, -0.1) is 0 Å². The van der Waals surface area contributed by atoms with Gasteiger partial charge in [-0.1, -0.05) is 0 Å². The van der Waals surface area contributed by atoms with E-state index in [2.05, 4.69) is 15.8 Å². The molecule has 1 rings (SSSR count). The second kappa shape index (κ2) is 3.88. The molecule has 1 fully saturated rings. The van der Waals surface area contributed by atoms with Crippen LogP contribution >= 0.6 is 0 Å². The van der Waals surface area contributed by atoms with Crippen molar-refractivity contribution < 1.29 is 19.1 Å². The highest BCUT2D eigenvalue weighted by molar-refractivity contribution is 5.89. The van der Waals surface area contributed by atoms with Crippen molar-refractivity contribution in [2.75, 3.05) is 13.2 Å². The van der Waals surface area contributed by atoms with E-state index in [4.69, 9.17) is 4.74 Å². The molecule has 7 nitrogen and oxygen atoms in total. The maximum absolute atomic E-state index is 10.7. The first kappa shape index (κ1) is 8.75. The minimum atomic E-state index is -0.960. The standard InChI is InChI=1S/C5H9N3O4/c6-3(9)8-4(10)12-5-7-1-2-11-5/h5,7H,1-2H2,(H3,6,8,9,10). The number of rotatable bonds is 1. The number of nitrogens with one attached hydrogen (secondary N) is 2. The molecular formula is C5H9N3O4. The lowest BCUT2D eigenvalue weighted by atomic mass is 10.7. The van der Waals surface area contributed by atoms with E-state index in [0.29, 0.717) is 13.2 Å². The normalized spacial score (nSPS) is 21.8. The summed E-state index contributed by atoms with van der Waals surface area (Å²) in [6.45, 7) is 1.07. The first-order chi connectivity index (χ1) is 5.68. The second-order valence-electron chi connectivity index (χ2n) is 2.05. The van der Waals surface area contributed by atoms with Gasteiger partial charge in [0.1, 0.15) is 0 Å². The summed E-state index contributed by atoms with van der Waals surface area (Å²) in [5.74, 6) is 0.